The van der Waals surface area contributed by atoms with Crippen molar-refractivity contribution in [3.8, 4) is 5.75 Å². The van der Waals surface area contributed by atoms with Crippen molar-refractivity contribution in [1.29, 1.82) is 0 Å². The Labute approximate surface area is 170 Å². The molecular formula is C18H20IN3O3S. The Morgan fingerprint density at radius 1 is 1.31 bits per heavy atom. The molecule has 1 aliphatic heterocycles. The van der Waals surface area contributed by atoms with Crippen molar-refractivity contribution >= 4 is 50.9 Å². The lowest BCUT2D eigenvalue weighted by Crippen LogP contribution is -2.43. The Hall–Kier alpha value is -1.68. The number of nitrogens with one attached hydrogen (secondary N) is 1. The number of aromatic nitrogens is 1. The standard InChI is InChI=1S/C18H20IN3O3S/c1-12-11-26-18(20-12)21-17(24)13-6-8-22(9-7-13)16(23)10-25-15-4-2-14(19)3-5-15/h2-5,11,13H,6-10H2,1H3,(H,20,21,24). The van der Waals surface area contributed by atoms with E-state index in [2.05, 4.69) is 32.9 Å². The van der Waals surface area contributed by atoms with E-state index in [-0.39, 0.29) is 24.3 Å². The highest BCUT2D eigenvalue weighted by Gasteiger charge is 2.27. The summed E-state index contributed by atoms with van der Waals surface area (Å²) in [7, 11) is 0. The van der Waals surface area contributed by atoms with Gasteiger partial charge in [0.25, 0.3) is 5.91 Å². The van der Waals surface area contributed by atoms with Gasteiger partial charge in [0, 0.05) is 28.0 Å². The van der Waals surface area contributed by atoms with Crippen LogP contribution in [0.25, 0.3) is 0 Å². The number of ether oxygens (including phenoxy) is 1. The maximum absolute atomic E-state index is 12.3. The van der Waals surface area contributed by atoms with Crippen molar-refractivity contribution in [2.75, 3.05) is 25.0 Å². The summed E-state index contributed by atoms with van der Waals surface area (Å²) in [6.45, 7) is 3.07. The third-order valence-electron chi connectivity index (χ3n) is 4.24. The number of rotatable bonds is 5. The third-order valence-corrected chi connectivity index (χ3v) is 5.84. The number of halogens is 1. The number of carbonyl (C=O) groups is 2. The number of nitrogens with zero attached hydrogens (tertiary/aromatic N) is 2. The first kappa shape index (κ1) is 19.1. The molecule has 1 aliphatic rings. The number of likely N-dealkylation sites (tertiary alicyclic amines) is 1. The molecule has 0 radical (unpaired) electrons. The fourth-order valence-corrected chi connectivity index (χ4v) is 3.83. The molecular weight excluding hydrogens is 465 g/mol. The quantitative estimate of drug-likeness (QED) is 0.660. The lowest BCUT2D eigenvalue weighted by molar-refractivity contribution is -0.136. The molecule has 2 heterocycles. The Bertz CT molecular complexity index is 770. The van der Waals surface area contributed by atoms with Crippen LogP contribution in [0.5, 0.6) is 5.75 Å². The molecule has 0 unspecified atom stereocenters. The number of piperidine rings is 1. The average Bonchev–Trinajstić information content (AvgIpc) is 3.06. The first-order valence-corrected chi connectivity index (χ1v) is 10.4. The van der Waals surface area contributed by atoms with Crippen molar-refractivity contribution in [3.63, 3.8) is 0 Å². The van der Waals surface area contributed by atoms with E-state index in [1.807, 2.05) is 36.6 Å². The number of hydrogen-bond acceptors (Lipinski definition) is 5. The molecule has 1 aromatic heterocycles. The third kappa shape index (κ3) is 5.16. The van der Waals surface area contributed by atoms with Crippen molar-refractivity contribution in [2.24, 2.45) is 5.92 Å². The minimum Gasteiger partial charge on any atom is -0.484 e. The van der Waals surface area contributed by atoms with Gasteiger partial charge in [-0.2, -0.15) is 0 Å². The summed E-state index contributed by atoms with van der Waals surface area (Å²) in [6.07, 6.45) is 1.32. The summed E-state index contributed by atoms with van der Waals surface area (Å²) in [5, 5.41) is 5.41. The highest BCUT2D eigenvalue weighted by Crippen LogP contribution is 2.21. The zero-order valence-corrected chi connectivity index (χ0v) is 17.4. The van der Waals surface area contributed by atoms with Gasteiger partial charge in [-0.25, -0.2) is 4.98 Å². The Morgan fingerprint density at radius 2 is 2.00 bits per heavy atom. The fourth-order valence-electron chi connectivity index (χ4n) is 2.78. The van der Waals surface area contributed by atoms with Crippen LogP contribution in [0.1, 0.15) is 18.5 Å². The summed E-state index contributed by atoms with van der Waals surface area (Å²) < 4.78 is 6.67. The molecule has 6 nitrogen and oxygen atoms in total. The second-order valence-electron chi connectivity index (χ2n) is 6.18. The molecule has 1 saturated heterocycles. The van der Waals surface area contributed by atoms with Gasteiger partial charge in [0.05, 0.1) is 5.69 Å². The first-order valence-electron chi connectivity index (χ1n) is 8.40. The molecule has 0 spiro atoms. The fraction of sp³-hybridized carbons (Fsp3) is 0.389. The number of hydrogen-bond donors (Lipinski definition) is 1. The lowest BCUT2D eigenvalue weighted by atomic mass is 9.96. The van der Waals surface area contributed by atoms with Crippen LogP contribution < -0.4 is 10.1 Å². The van der Waals surface area contributed by atoms with Gasteiger partial charge in [0.15, 0.2) is 11.7 Å². The van der Waals surface area contributed by atoms with Gasteiger partial charge < -0.3 is 15.0 Å². The molecule has 1 fully saturated rings. The Morgan fingerprint density at radius 3 is 2.62 bits per heavy atom. The van der Waals surface area contributed by atoms with Crippen LogP contribution >= 0.6 is 33.9 Å². The van der Waals surface area contributed by atoms with Gasteiger partial charge in [-0.3, -0.25) is 9.59 Å². The molecule has 26 heavy (non-hydrogen) atoms. The van der Waals surface area contributed by atoms with Crippen LogP contribution in [0.3, 0.4) is 0 Å². The molecule has 0 aliphatic carbocycles. The van der Waals surface area contributed by atoms with Gasteiger partial charge in [-0.05, 0) is 66.6 Å². The van der Waals surface area contributed by atoms with Crippen LogP contribution in [0.2, 0.25) is 0 Å². The van der Waals surface area contributed by atoms with Crippen LogP contribution in [0.4, 0.5) is 5.13 Å². The summed E-state index contributed by atoms with van der Waals surface area (Å²) >= 11 is 3.65. The van der Waals surface area contributed by atoms with Crippen molar-refractivity contribution in [3.05, 3.63) is 38.9 Å². The molecule has 0 bridgehead atoms. The summed E-state index contributed by atoms with van der Waals surface area (Å²) in [5.74, 6) is 0.548. The van der Waals surface area contributed by atoms with E-state index in [9.17, 15) is 9.59 Å². The van der Waals surface area contributed by atoms with E-state index in [1.165, 1.54) is 11.3 Å². The number of aryl methyl sites for hydroxylation is 1. The van der Waals surface area contributed by atoms with E-state index in [0.717, 1.165) is 9.26 Å². The van der Waals surface area contributed by atoms with E-state index in [4.69, 9.17) is 4.74 Å². The van der Waals surface area contributed by atoms with Gasteiger partial charge in [-0.15, -0.1) is 11.3 Å². The number of carbonyl (C=O) groups excluding carboxylic acids is 2. The molecule has 1 N–H and O–H groups in total. The summed E-state index contributed by atoms with van der Waals surface area (Å²) in [4.78, 5) is 30.6. The minimum atomic E-state index is -0.0830. The van der Waals surface area contributed by atoms with E-state index in [1.54, 1.807) is 4.90 Å². The molecule has 0 saturated carbocycles. The Kier molecular flexibility index (Phi) is 6.47. The molecule has 3 rings (SSSR count). The maximum atomic E-state index is 12.3. The normalized spacial score (nSPS) is 14.9. The van der Waals surface area contributed by atoms with E-state index >= 15 is 0 Å². The molecule has 138 valence electrons. The molecule has 0 atom stereocenters. The van der Waals surface area contributed by atoms with Gasteiger partial charge in [0.1, 0.15) is 5.75 Å². The van der Waals surface area contributed by atoms with Crippen molar-refractivity contribution in [1.82, 2.24) is 9.88 Å². The van der Waals surface area contributed by atoms with E-state index < -0.39 is 0 Å². The van der Waals surface area contributed by atoms with Crippen molar-refractivity contribution in [2.45, 2.75) is 19.8 Å². The smallest absolute Gasteiger partial charge is 0.260 e. The zero-order valence-electron chi connectivity index (χ0n) is 14.4. The summed E-state index contributed by atoms with van der Waals surface area (Å²) in [6, 6.07) is 7.58. The largest absolute Gasteiger partial charge is 0.484 e. The average molecular weight is 485 g/mol. The van der Waals surface area contributed by atoms with Crippen LogP contribution in [0, 0.1) is 16.4 Å². The molecule has 2 amide bonds. The van der Waals surface area contributed by atoms with Gasteiger partial charge in [0.2, 0.25) is 5.91 Å². The minimum absolute atomic E-state index is 0.0124. The molecule has 2 aromatic rings. The monoisotopic (exact) mass is 485 g/mol. The highest BCUT2D eigenvalue weighted by molar-refractivity contribution is 14.1. The summed E-state index contributed by atoms with van der Waals surface area (Å²) in [5.41, 5.74) is 0.902. The number of thiazole rings is 1. The van der Waals surface area contributed by atoms with Gasteiger partial charge >= 0.3 is 0 Å². The highest BCUT2D eigenvalue weighted by atomic mass is 127. The predicted molar refractivity (Wildman–Crippen MR) is 109 cm³/mol. The van der Waals surface area contributed by atoms with E-state index in [0.29, 0.717) is 36.8 Å². The molecule has 8 heteroatoms. The second kappa shape index (κ2) is 8.81. The van der Waals surface area contributed by atoms with Crippen LogP contribution in [-0.2, 0) is 9.59 Å². The zero-order chi connectivity index (χ0) is 18.5. The second-order valence-corrected chi connectivity index (χ2v) is 8.28. The number of amides is 2. The number of benzene rings is 1. The van der Waals surface area contributed by atoms with Crippen LogP contribution in [-0.4, -0.2) is 41.4 Å². The Balaban J connectivity index is 1.43. The SMILES string of the molecule is Cc1csc(NC(=O)C2CCN(C(=O)COc3ccc(I)cc3)CC2)n1. The lowest BCUT2D eigenvalue weighted by Gasteiger charge is -2.31. The first-order chi connectivity index (χ1) is 12.5. The van der Waals surface area contributed by atoms with Gasteiger partial charge in [-0.1, -0.05) is 0 Å². The molecule has 1 aromatic carbocycles. The topological polar surface area (TPSA) is 71.5 Å². The van der Waals surface area contributed by atoms with Crippen molar-refractivity contribution < 1.29 is 14.3 Å². The number of anilines is 1. The maximum Gasteiger partial charge on any atom is 0.260 e. The predicted octanol–water partition coefficient (Wildman–Crippen LogP) is 3.31. The van der Waals surface area contributed by atoms with Crippen LogP contribution in [0.15, 0.2) is 29.6 Å².